The van der Waals surface area contributed by atoms with Crippen molar-refractivity contribution in [2.75, 3.05) is 18.4 Å². The van der Waals surface area contributed by atoms with Crippen LogP contribution in [-0.2, 0) is 11.3 Å². The molecule has 2 N–H and O–H groups in total. The Balaban J connectivity index is 1.62. The van der Waals surface area contributed by atoms with Crippen LogP contribution in [0.4, 0.5) is 10.7 Å². The summed E-state index contributed by atoms with van der Waals surface area (Å²) in [7, 11) is 0. The van der Waals surface area contributed by atoms with Gasteiger partial charge < -0.3 is 20.1 Å². The number of aryl methyl sites for hydroxylation is 1. The van der Waals surface area contributed by atoms with Crippen molar-refractivity contribution < 1.29 is 14.6 Å². The molecule has 1 aliphatic heterocycles. The summed E-state index contributed by atoms with van der Waals surface area (Å²) in [4.78, 5) is 23.1. The largest absolute Gasteiger partial charge is 0.444 e. The minimum atomic E-state index is -0.842. The molecule has 0 saturated carbocycles. The predicted octanol–water partition coefficient (Wildman–Crippen LogP) is 3.23. The monoisotopic (exact) mass is 430 g/mol. The first-order valence-electron chi connectivity index (χ1n) is 10.7. The number of piperidine rings is 1. The summed E-state index contributed by atoms with van der Waals surface area (Å²) in [6.45, 7) is 12.8. The van der Waals surface area contributed by atoms with E-state index in [1.165, 1.54) is 0 Å². The Morgan fingerprint density at radius 1 is 1.23 bits per heavy atom. The number of likely N-dealkylation sites (tertiary alicyclic amines) is 1. The lowest BCUT2D eigenvalue weighted by molar-refractivity contribution is 0.0210. The van der Waals surface area contributed by atoms with E-state index in [2.05, 4.69) is 15.4 Å². The first kappa shape index (κ1) is 23.0. The van der Waals surface area contributed by atoms with Gasteiger partial charge >= 0.3 is 6.09 Å². The number of ether oxygens (including phenoxy) is 1. The summed E-state index contributed by atoms with van der Waals surface area (Å²) in [6.07, 6.45) is 6.78. The molecule has 2 aromatic heterocycles. The first-order valence-corrected chi connectivity index (χ1v) is 10.7. The molecule has 0 aromatic carbocycles. The maximum Gasteiger partial charge on any atom is 0.410 e. The number of anilines is 1. The maximum atomic E-state index is 12.2. The number of aromatic nitrogens is 4. The molecule has 0 atom stereocenters. The number of amides is 1. The van der Waals surface area contributed by atoms with E-state index in [9.17, 15) is 9.90 Å². The summed E-state index contributed by atoms with van der Waals surface area (Å²) in [5.74, 6) is 0.562. The SMILES string of the molecule is Cc1cnc(NC2CCN(C(=O)OC(C)(C)C)CC2)nc1-c1cnn(CC(C)(C)O)c1. The Morgan fingerprint density at radius 2 is 1.90 bits per heavy atom. The van der Waals surface area contributed by atoms with Crippen molar-refractivity contribution in [1.82, 2.24) is 24.6 Å². The molecule has 0 radical (unpaired) electrons. The first-order chi connectivity index (χ1) is 14.4. The number of hydrogen-bond donors (Lipinski definition) is 2. The van der Waals surface area contributed by atoms with Gasteiger partial charge in [0.2, 0.25) is 5.95 Å². The molecule has 9 heteroatoms. The number of rotatable bonds is 5. The van der Waals surface area contributed by atoms with E-state index in [1.807, 2.05) is 33.9 Å². The van der Waals surface area contributed by atoms with Crippen LogP contribution in [0.2, 0.25) is 0 Å². The fourth-order valence-corrected chi connectivity index (χ4v) is 3.49. The lowest BCUT2D eigenvalue weighted by atomic mass is 10.1. The minimum absolute atomic E-state index is 0.187. The van der Waals surface area contributed by atoms with E-state index >= 15 is 0 Å². The second kappa shape index (κ2) is 8.82. The molecular formula is C22H34N6O3. The molecule has 0 aliphatic carbocycles. The topological polar surface area (TPSA) is 105 Å². The zero-order valence-corrected chi connectivity index (χ0v) is 19.3. The Kier molecular flexibility index (Phi) is 6.54. The Morgan fingerprint density at radius 3 is 2.52 bits per heavy atom. The molecule has 1 aliphatic rings. The average Bonchev–Trinajstić information content (AvgIpc) is 3.09. The van der Waals surface area contributed by atoms with Crippen LogP contribution in [0.3, 0.4) is 0 Å². The molecule has 9 nitrogen and oxygen atoms in total. The van der Waals surface area contributed by atoms with Crippen LogP contribution in [0.5, 0.6) is 0 Å². The van der Waals surface area contributed by atoms with Gasteiger partial charge in [0.1, 0.15) is 5.60 Å². The van der Waals surface area contributed by atoms with Crippen LogP contribution in [0.15, 0.2) is 18.6 Å². The standard InChI is InChI=1S/C22H34N6O3/c1-15-11-23-19(26-18(15)16-12-24-28(13-16)14-22(5,6)30)25-17-7-9-27(10-8-17)20(29)31-21(2,3)4/h11-13,17,30H,7-10,14H2,1-6H3,(H,23,25,26). The van der Waals surface area contributed by atoms with Gasteiger partial charge in [-0.15, -0.1) is 0 Å². The number of nitrogens with zero attached hydrogens (tertiary/aromatic N) is 5. The van der Waals surface area contributed by atoms with Crippen molar-refractivity contribution in [3.63, 3.8) is 0 Å². The van der Waals surface area contributed by atoms with Crippen molar-refractivity contribution in [1.29, 1.82) is 0 Å². The second-order valence-electron chi connectivity index (χ2n) is 9.85. The summed E-state index contributed by atoms with van der Waals surface area (Å²) >= 11 is 0. The molecule has 2 aromatic rings. The van der Waals surface area contributed by atoms with Gasteiger partial charge in [0.25, 0.3) is 0 Å². The highest BCUT2D eigenvalue weighted by molar-refractivity contribution is 5.68. The molecule has 0 unspecified atom stereocenters. The normalized spacial score (nSPS) is 15.8. The molecule has 31 heavy (non-hydrogen) atoms. The molecule has 0 bridgehead atoms. The molecule has 3 rings (SSSR count). The smallest absolute Gasteiger partial charge is 0.410 e. The molecule has 3 heterocycles. The summed E-state index contributed by atoms with van der Waals surface area (Å²) in [6, 6.07) is 0.187. The van der Waals surface area contributed by atoms with Crippen molar-refractivity contribution in [3.8, 4) is 11.3 Å². The van der Waals surface area contributed by atoms with Gasteiger partial charge in [-0.1, -0.05) is 0 Å². The Bertz CT molecular complexity index is 905. The van der Waals surface area contributed by atoms with Crippen molar-refractivity contribution in [3.05, 3.63) is 24.2 Å². The average molecular weight is 431 g/mol. The van der Waals surface area contributed by atoms with Crippen LogP contribution >= 0.6 is 0 Å². The van der Waals surface area contributed by atoms with Crippen LogP contribution in [0, 0.1) is 6.92 Å². The molecule has 1 saturated heterocycles. The predicted molar refractivity (Wildman–Crippen MR) is 119 cm³/mol. The van der Waals surface area contributed by atoms with Gasteiger partial charge in [-0.05, 0) is 59.9 Å². The van der Waals surface area contributed by atoms with E-state index in [1.54, 1.807) is 35.8 Å². The lowest BCUT2D eigenvalue weighted by Gasteiger charge is -2.33. The van der Waals surface area contributed by atoms with Gasteiger partial charge in [-0.25, -0.2) is 14.8 Å². The third-order valence-electron chi connectivity index (χ3n) is 4.91. The zero-order valence-electron chi connectivity index (χ0n) is 19.3. The number of carbonyl (C=O) groups excluding carboxylic acids is 1. The Labute approximate surface area is 183 Å². The fraction of sp³-hybridized carbons (Fsp3) is 0.636. The van der Waals surface area contributed by atoms with Gasteiger partial charge in [0, 0.05) is 37.1 Å². The molecule has 1 amide bonds. The van der Waals surface area contributed by atoms with Gasteiger partial charge in [-0.3, -0.25) is 4.68 Å². The number of aliphatic hydroxyl groups is 1. The molecule has 0 spiro atoms. The third kappa shape index (κ3) is 6.65. The molecular weight excluding hydrogens is 396 g/mol. The van der Waals surface area contributed by atoms with Crippen LogP contribution in [0.1, 0.15) is 53.0 Å². The number of hydrogen-bond acceptors (Lipinski definition) is 7. The van der Waals surface area contributed by atoms with Crippen molar-refractivity contribution in [2.24, 2.45) is 0 Å². The number of nitrogens with one attached hydrogen (secondary N) is 1. The quantitative estimate of drug-likeness (QED) is 0.750. The van der Waals surface area contributed by atoms with E-state index in [0.29, 0.717) is 25.6 Å². The van der Waals surface area contributed by atoms with E-state index < -0.39 is 11.2 Å². The van der Waals surface area contributed by atoms with Gasteiger partial charge in [0.05, 0.1) is 24.0 Å². The van der Waals surface area contributed by atoms with E-state index in [4.69, 9.17) is 9.72 Å². The highest BCUT2D eigenvalue weighted by Crippen LogP contribution is 2.23. The van der Waals surface area contributed by atoms with E-state index in [0.717, 1.165) is 29.7 Å². The maximum absolute atomic E-state index is 12.2. The molecule has 170 valence electrons. The summed E-state index contributed by atoms with van der Waals surface area (Å²) < 4.78 is 7.18. The number of carbonyl (C=O) groups is 1. The summed E-state index contributed by atoms with van der Waals surface area (Å²) in [5, 5.41) is 17.8. The lowest BCUT2D eigenvalue weighted by Crippen LogP contribution is -2.44. The van der Waals surface area contributed by atoms with Gasteiger partial charge in [-0.2, -0.15) is 5.10 Å². The van der Waals surface area contributed by atoms with Crippen LogP contribution in [0.25, 0.3) is 11.3 Å². The summed E-state index contributed by atoms with van der Waals surface area (Å²) in [5.41, 5.74) is 1.31. The minimum Gasteiger partial charge on any atom is -0.444 e. The fourth-order valence-electron chi connectivity index (χ4n) is 3.49. The Hall–Kier alpha value is -2.68. The zero-order chi connectivity index (χ0) is 22.8. The van der Waals surface area contributed by atoms with Crippen LogP contribution in [-0.4, -0.2) is 66.2 Å². The highest BCUT2D eigenvalue weighted by atomic mass is 16.6. The van der Waals surface area contributed by atoms with Crippen molar-refractivity contribution in [2.45, 2.75) is 78.2 Å². The van der Waals surface area contributed by atoms with Crippen LogP contribution < -0.4 is 5.32 Å². The van der Waals surface area contributed by atoms with Crippen molar-refractivity contribution >= 4 is 12.0 Å². The van der Waals surface area contributed by atoms with Gasteiger partial charge in [0.15, 0.2) is 0 Å². The second-order valence-corrected chi connectivity index (χ2v) is 9.85. The van der Waals surface area contributed by atoms with E-state index in [-0.39, 0.29) is 12.1 Å². The molecule has 1 fully saturated rings. The third-order valence-corrected chi connectivity index (χ3v) is 4.91. The highest BCUT2D eigenvalue weighted by Gasteiger charge is 2.27.